The lowest BCUT2D eigenvalue weighted by Gasteiger charge is -2.40. The summed E-state index contributed by atoms with van der Waals surface area (Å²) in [5, 5.41) is 9.52. The van der Waals surface area contributed by atoms with Crippen molar-refractivity contribution in [1.82, 2.24) is 19.5 Å². The molecule has 2 aliphatic rings. The van der Waals surface area contributed by atoms with Crippen molar-refractivity contribution in [3.8, 4) is 22.6 Å². The van der Waals surface area contributed by atoms with E-state index in [9.17, 15) is 4.79 Å². The Kier molecular flexibility index (Phi) is 13.2. The Labute approximate surface area is 437 Å². The third kappa shape index (κ3) is 8.99. The molecule has 3 atom stereocenters. The molecule has 8 aromatic rings. The van der Waals surface area contributed by atoms with Gasteiger partial charge in [0.2, 0.25) is 5.95 Å². The summed E-state index contributed by atoms with van der Waals surface area (Å²) >= 11 is 0. The number of anilines is 3. The Bertz CT molecular complexity index is 3320. The highest BCUT2D eigenvalue weighted by Crippen LogP contribution is 2.48. The van der Waals surface area contributed by atoms with Crippen LogP contribution in [0.2, 0.25) is 36.3 Å². The van der Waals surface area contributed by atoms with Gasteiger partial charge in [-0.2, -0.15) is 0 Å². The van der Waals surface area contributed by atoms with Gasteiger partial charge in [-0.1, -0.05) is 145 Å². The molecular formula is C60H68N6O6Si2. The van der Waals surface area contributed by atoms with Crippen molar-refractivity contribution >= 4 is 61.8 Å². The zero-order valence-corrected chi connectivity index (χ0v) is 46.7. The van der Waals surface area contributed by atoms with Gasteiger partial charge in [0.25, 0.3) is 0 Å². The Balaban J connectivity index is 1.17. The third-order valence-corrected chi connectivity index (χ3v) is 25.2. The molecule has 2 aromatic heterocycles. The molecule has 0 unspecified atom stereocenters. The normalized spacial score (nSPS) is 17.1. The average Bonchev–Trinajstić information content (AvgIpc) is 3.96. The van der Waals surface area contributed by atoms with Crippen LogP contribution in [0.25, 0.3) is 33.1 Å². The van der Waals surface area contributed by atoms with Crippen molar-refractivity contribution in [2.45, 2.75) is 108 Å². The SMILES string of the molecule is COc1ccc(C(Nc2ncnc3c2nc(Nc2ccc4c5c(cccc25)C(=O)c2ccccc2-4)n3[C@H]2C[C@H](O[Si](C)(C)C(C)(C)C)[C@@H](CO[Si](C)(C)C(C)(C)C)O2)(c2ccccc2)c2ccc(OC)cc2)cc1. The topological polar surface area (TPSA) is 131 Å². The van der Waals surface area contributed by atoms with Crippen LogP contribution in [0.4, 0.5) is 17.5 Å². The van der Waals surface area contributed by atoms with Crippen molar-refractivity contribution in [3.63, 3.8) is 0 Å². The van der Waals surface area contributed by atoms with Gasteiger partial charge in [0, 0.05) is 34.0 Å². The number of carbonyl (C=O) groups is 1. The molecule has 2 N–H and O–H groups in total. The summed E-state index contributed by atoms with van der Waals surface area (Å²) < 4.78 is 35.0. The second-order valence-electron chi connectivity index (χ2n) is 22.6. The summed E-state index contributed by atoms with van der Waals surface area (Å²) in [7, 11) is -1.18. The van der Waals surface area contributed by atoms with Crippen LogP contribution < -0.4 is 20.1 Å². The predicted molar refractivity (Wildman–Crippen MR) is 301 cm³/mol. The summed E-state index contributed by atoms with van der Waals surface area (Å²) in [6.07, 6.45) is 0.870. The molecule has 10 rings (SSSR count). The highest BCUT2D eigenvalue weighted by molar-refractivity contribution is 6.74. The van der Waals surface area contributed by atoms with Gasteiger partial charge in [0.05, 0.1) is 26.9 Å². The molecule has 12 nitrogen and oxygen atoms in total. The van der Waals surface area contributed by atoms with E-state index < -0.39 is 28.4 Å². The lowest BCUT2D eigenvalue weighted by molar-refractivity contribution is -0.0376. The third-order valence-electron chi connectivity index (χ3n) is 16.2. The molecular weight excluding hydrogens is 957 g/mol. The second kappa shape index (κ2) is 19.2. The molecule has 0 saturated carbocycles. The summed E-state index contributed by atoms with van der Waals surface area (Å²) in [6, 6.07) is 44.5. The van der Waals surface area contributed by atoms with E-state index in [2.05, 4.69) is 138 Å². The van der Waals surface area contributed by atoms with Crippen LogP contribution in [0, 0.1) is 0 Å². The lowest BCUT2D eigenvalue weighted by atomic mass is 9.77. The number of rotatable bonds is 15. The Morgan fingerprint density at radius 3 is 1.88 bits per heavy atom. The number of hydrogen-bond donors (Lipinski definition) is 2. The molecule has 1 fully saturated rings. The molecule has 6 aromatic carbocycles. The Hall–Kier alpha value is -6.69. The molecule has 14 heteroatoms. The van der Waals surface area contributed by atoms with Crippen LogP contribution in [0.3, 0.4) is 0 Å². The highest BCUT2D eigenvalue weighted by Gasteiger charge is 2.48. The lowest BCUT2D eigenvalue weighted by Crippen LogP contribution is -2.48. The van der Waals surface area contributed by atoms with Crippen LogP contribution in [-0.2, 0) is 19.1 Å². The van der Waals surface area contributed by atoms with Crippen LogP contribution in [0.15, 0.2) is 140 Å². The number of carbonyl (C=O) groups excluding carboxylic acids is 1. The maximum atomic E-state index is 14.1. The first kappa shape index (κ1) is 50.8. The van der Waals surface area contributed by atoms with E-state index in [1.54, 1.807) is 20.5 Å². The van der Waals surface area contributed by atoms with Crippen LogP contribution in [-0.4, -0.2) is 75.0 Å². The molecule has 0 spiro atoms. The minimum absolute atomic E-state index is 0.00258. The number of benzene rings is 6. The zero-order chi connectivity index (χ0) is 52.4. The smallest absolute Gasteiger partial charge is 0.211 e. The number of ether oxygens (including phenoxy) is 3. The fourth-order valence-corrected chi connectivity index (χ4v) is 12.3. The summed E-state index contributed by atoms with van der Waals surface area (Å²) in [6.45, 7) is 23.1. The first-order chi connectivity index (χ1) is 35.2. The fraction of sp³-hybridized carbons (Fsp3) is 0.333. The van der Waals surface area contributed by atoms with E-state index in [1.165, 1.54) is 0 Å². The number of hydrogen-bond acceptors (Lipinski definition) is 11. The number of methoxy groups -OCH3 is 2. The molecule has 0 bridgehead atoms. The van der Waals surface area contributed by atoms with Gasteiger partial charge in [-0.05, 0) is 94.4 Å². The first-order valence-corrected chi connectivity index (χ1v) is 31.4. The quantitative estimate of drug-likeness (QED) is 0.0752. The number of ketones is 1. The largest absolute Gasteiger partial charge is 0.497 e. The monoisotopic (exact) mass is 1020 g/mol. The minimum Gasteiger partial charge on any atom is -0.497 e. The minimum atomic E-state index is -2.32. The molecule has 1 aliphatic heterocycles. The van der Waals surface area contributed by atoms with Gasteiger partial charge in [-0.25, -0.2) is 15.0 Å². The van der Waals surface area contributed by atoms with E-state index >= 15 is 0 Å². The van der Waals surface area contributed by atoms with Gasteiger partial charge in [0.15, 0.2) is 39.4 Å². The zero-order valence-electron chi connectivity index (χ0n) is 44.7. The predicted octanol–water partition coefficient (Wildman–Crippen LogP) is 14.1. The van der Waals surface area contributed by atoms with Gasteiger partial charge in [-0.15, -0.1) is 0 Å². The molecule has 0 radical (unpaired) electrons. The molecule has 382 valence electrons. The fourth-order valence-electron chi connectivity index (χ4n) is 9.93. The Morgan fingerprint density at radius 2 is 1.26 bits per heavy atom. The van der Waals surface area contributed by atoms with E-state index in [0.29, 0.717) is 47.1 Å². The Morgan fingerprint density at radius 1 is 0.662 bits per heavy atom. The maximum Gasteiger partial charge on any atom is 0.211 e. The number of imidazole rings is 1. The second-order valence-corrected chi connectivity index (χ2v) is 32.2. The van der Waals surface area contributed by atoms with E-state index in [1.807, 2.05) is 78.9 Å². The van der Waals surface area contributed by atoms with Crippen LogP contribution in [0.5, 0.6) is 11.5 Å². The summed E-state index contributed by atoms with van der Waals surface area (Å²) in [5.41, 5.74) is 6.97. The van der Waals surface area contributed by atoms with Gasteiger partial charge >= 0.3 is 0 Å². The number of aromatic nitrogens is 4. The molecule has 3 heterocycles. The van der Waals surface area contributed by atoms with Crippen LogP contribution in [0.1, 0.15) is 86.8 Å². The molecule has 1 aliphatic carbocycles. The van der Waals surface area contributed by atoms with Gasteiger partial charge in [-0.3, -0.25) is 9.36 Å². The summed E-state index contributed by atoms with van der Waals surface area (Å²) in [4.78, 5) is 29.7. The first-order valence-electron chi connectivity index (χ1n) is 25.5. The van der Waals surface area contributed by atoms with Crippen molar-refractivity contribution in [2.24, 2.45) is 0 Å². The highest BCUT2D eigenvalue weighted by atomic mass is 28.4. The number of nitrogens with zero attached hydrogens (tertiary/aromatic N) is 4. The number of nitrogens with one attached hydrogen (secondary N) is 2. The van der Waals surface area contributed by atoms with Crippen molar-refractivity contribution in [1.29, 1.82) is 0 Å². The molecule has 1 saturated heterocycles. The van der Waals surface area contributed by atoms with Crippen molar-refractivity contribution in [2.75, 3.05) is 31.5 Å². The number of fused-ring (bicyclic) bond motifs is 3. The van der Waals surface area contributed by atoms with Crippen LogP contribution >= 0.6 is 0 Å². The van der Waals surface area contributed by atoms with Gasteiger partial charge < -0.3 is 33.7 Å². The van der Waals surface area contributed by atoms with E-state index in [-0.39, 0.29) is 28.1 Å². The summed E-state index contributed by atoms with van der Waals surface area (Å²) in [5.74, 6) is 2.46. The standard InChI is InChI=1S/C60H68N6O6Si2/c1-58(2,3)73(9,10)70-36-50-49(72-74(11,12)59(4,5)6)35-51(71-50)66-56-53(64-57(66)63-48-34-33-44-43-21-16-17-22-45(43)54(67)47-24-18-23-46(48)52(44)47)55(61-37-62-56)65-60(38-19-14-13-15-20-38,39-25-29-41(68-7)30-26-39)40-27-31-42(69-8)32-28-40/h13-34,37,49-51H,35-36H2,1-12H3,(H,63,64)(H,61,62,65)/t49-,50+,51+/m0/s1. The van der Waals surface area contributed by atoms with E-state index in [4.69, 9.17) is 38.0 Å². The van der Waals surface area contributed by atoms with Crippen molar-refractivity contribution in [3.05, 3.63) is 168 Å². The van der Waals surface area contributed by atoms with Crippen molar-refractivity contribution < 1.29 is 27.9 Å². The average molecular weight is 1030 g/mol. The van der Waals surface area contributed by atoms with E-state index in [0.717, 1.165) is 55.8 Å². The maximum absolute atomic E-state index is 14.1. The molecule has 0 amide bonds. The van der Waals surface area contributed by atoms with Gasteiger partial charge in [0.1, 0.15) is 35.7 Å². The molecule has 74 heavy (non-hydrogen) atoms.